The van der Waals surface area contributed by atoms with Crippen LogP contribution in [0.1, 0.15) is 37.7 Å². The number of rotatable bonds is 7. The van der Waals surface area contributed by atoms with E-state index < -0.39 is 0 Å². The van der Waals surface area contributed by atoms with Gasteiger partial charge in [-0.25, -0.2) is 0 Å². The first-order valence-corrected chi connectivity index (χ1v) is 8.46. The molecule has 2 fully saturated rings. The standard InChI is InChI=1S/C17H25N3S/c18-11-5-4-8-15-12-19-16(21)20(15)13-17(9-10-17)14-6-2-1-3-7-14/h1-3,6-7,15H,4-5,8-13,18H2,(H,19,21)/t15-/m0/s1. The number of nitrogens with two attached hydrogens (primary N) is 1. The van der Waals surface area contributed by atoms with E-state index in [2.05, 4.69) is 40.5 Å². The van der Waals surface area contributed by atoms with Crippen LogP contribution in [0.3, 0.4) is 0 Å². The molecule has 1 aromatic carbocycles. The Balaban J connectivity index is 1.66. The van der Waals surface area contributed by atoms with E-state index in [0.717, 1.165) is 31.2 Å². The van der Waals surface area contributed by atoms with Crippen LogP contribution in [-0.2, 0) is 5.41 Å². The first-order valence-electron chi connectivity index (χ1n) is 8.05. The van der Waals surface area contributed by atoms with Crippen LogP contribution in [0.2, 0.25) is 0 Å². The van der Waals surface area contributed by atoms with Crippen LogP contribution in [0.15, 0.2) is 30.3 Å². The monoisotopic (exact) mass is 303 g/mol. The van der Waals surface area contributed by atoms with Crippen molar-refractivity contribution < 1.29 is 0 Å². The highest BCUT2D eigenvalue weighted by Gasteiger charge is 2.47. The fourth-order valence-electron chi connectivity index (χ4n) is 3.37. The zero-order chi connectivity index (χ0) is 14.7. The van der Waals surface area contributed by atoms with E-state index >= 15 is 0 Å². The average Bonchev–Trinajstić information content (AvgIpc) is 3.23. The maximum Gasteiger partial charge on any atom is 0.169 e. The van der Waals surface area contributed by atoms with Gasteiger partial charge in [0.2, 0.25) is 0 Å². The molecule has 3 N–H and O–H groups in total. The molecule has 3 rings (SSSR count). The van der Waals surface area contributed by atoms with Gasteiger partial charge < -0.3 is 16.0 Å². The number of benzene rings is 1. The molecule has 0 radical (unpaired) electrons. The molecule has 0 amide bonds. The Bertz CT molecular complexity index is 484. The van der Waals surface area contributed by atoms with Crippen LogP contribution in [0.5, 0.6) is 0 Å². The van der Waals surface area contributed by atoms with Crippen LogP contribution >= 0.6 is 12.2 Å². The molecule has 2 aliphatic rings. The first-order chi connectivity index (χ1) is 10.2. The van der Waals surface area contributed by atoms with E-state index in [4.69, 9.17) is 18.0 Å². The molecular weight excluding hydrogens is 278 g/mol. The molecule has 1 saturated carbocycles. The van der Waals surface area contributed by atoms with Crippen molar-refractivity contribution in [2.24, 2.45) is 5.73 Å². The Kier molecular flexibility index (Phi) is 4.45. The van der Waals surface area contributed by atoms with Crippen molar-refractivity contribution in [1.82, 2.24) is 10.2 Å². The van der Waals surface area contributed by atoms with Gasteiger partial charge in [-0.3, -0.25) is 0 Å². The van der Waals surface area contributed by atoms with E-state index in [-0.39, 0.29) is 0 Å². The molecule has 4 heteroatoms. The lowest BCUT2D eigenvalue weighted by Crippen LogP contribution is -2.40. The molecule has 1 atom stereocenters. The van der Waals surface area contributed by atoms with Crippen LogP contribution in [0.4, 0.5) is 0 Å². The van der Waals surface area contributed by atoms with Crippen molar-refractivity contribution in [2.75, 3.05) is 19.6 Å². The van der Waals surface area contributed by atoms with Crippen LogP contribution in [0.25, 0.3) is 0 Å². The third-order valence-corrected chi connectivity index (χ3v) is 5.27. The summed E-state index contributed by atoms with van der Waals surface area (Å²) in [5.74, 6) is 0. The normalized spacial score (nSPS) is 23.2. The Hall–Kier alpha value is -1.13. The Labute approximate surface area is 132 Å². The van der Waals surface area contributed by atoms with Gasteiger partial charge in [0.05, 0.1) is 0 Å². The minimum absolute atomic E-state index is 0.337. The molecule has 114 valence electrons. The van der Waals surface area contributed by atoms with Gasteiger partial charge in [0.25, 0.3) is 0 Å². The number of hydrogen-bond acceptors (Lipinski definition) is 2. The molecule has 0 aromatic heterocycles. The van der Waals surface area contributed by atoms with Crippen molar-refractivity contribution >= 4 is 17.3 Å². The van der Waals surface area contributed by atoms with E-state index in [1.54, 1.807) is 0 Å². The van der Waals surface area contributed by atoms with Crippen molar-refractivity contribution in [3.8, 4) is 0 Å². The minimum Gasteiger partial charge on any atom is -0.360 e. The smallest absolute Gasteiger partial charge is 0.169 e. The molecule has 0 spiro atoms. The summed E-state index contributed by atoms with van der Waals surface area (Å²) >= 11 is 5.53. The largest absolute Gasteiger partial charge is 0.360 e. The van der Waals surface area contributed by atoms with Crippen LogP contribution in [-0.4, -0.2) is 35.7 Å². The van der Waals surface area contributed by atoms with Crippen LogP contribution < -0.4 is 11.1 Å². The predicted molar refractivity (Wildman–Crippen MR) is 91.4 cm³/mol. The van der Waals surface area contributed by atoms with Gasteiger partial charge in [-0.15, -0.1) is 0 Å². The van der Waals surface area contributed by atoms with E-state index in [0.29, 0.717) is 11.5 Å². The second kappa shape index (κ2) is 6.32. The van der Waals surface area contributed by atoms with Gasteiger partial charge in [-0.2, -0.15) is 0 Å². The fourth-order valence-corrected chi connectivity index (χ4v) is 3.67. The summed E-state index contributed by atoms with van der Waals surface area (Å²) in [6, 6.07) is 11.5. The minimum atomic E-state index is 0.337. The molecule has 1 aliphatic heterocycles. The van der Waals surface area contributed by atoms with Gasteiger partial charge in [-0.1, -0.05) is 36.8 Å². The maximum atomic E-state index is 5.61. The lowest BCUT2D eigenvalue weighted by molar-refractivity contribution is 0.302. The SMILES string of the molecule is NCCCC[C@H]1CNC(=S)N1CC1(c2ccccc2)CC1. The second-order valence-electron chi connectivity index (χ2n) is 6.40. The average molecular weight is 303 g/mol. The summed E-state index contributed by atoms with van der Waals surface area (Å²) in [5, 5.41) is 4.31. The van der Waals surface area contributed by atoms with Gasteiger partial charge in [-0.05, 0) is 50.0 Å². The summed E-state index contributed by atoms with van der Waals surface area (Å²) in [6.07, 6.45) is 6.06. The highest BCUT2D eigenvalue weighted by Crippen LogP contribution is 2.49. The van der Waals surface area contributed by atoms with Crippen molar-refractivity contribution in [3.05, 3.63) is 35.9 Å². The molecule has 21 heavy (non-hydrogen) atoms. The Morgan fingerprint density at radius 2 is 2.00 bits per heavy atom. The van der Waals surface area contributed by atoms with Crippen LogP contribution in [0, 0.1) is 0 Å². The number of unbranched alkanes of at least 4 members (excludes halogenated alkanes) is 1. The molecule has 1 heterocycles. The zero-order valence-electron chi connectivity index (χ0n) is 12.6. The lowest BCUT2D eigenvalue weighted by atomic mass is 9.94. The number of nitrogens with one attached hydrogen (secondary N) is 1. The molecule has 3 nitrogen and oxygen atoms in total. The molecule has 1 saturated heterocycles. The third kappa shape index (κ3) is 3.22. The maximum absolute atomic E-state index is 5.61. The summed E-state index contributed by atoms with van der Waals surface area (Å²) in [7, 11) is 0. The Morgan fingerprint density at radius 1 is 1.24 bits per heavy atom. The molecule has 1 aliphatic carbocycles. The fraction of sp³-hybridized carbons (Fsp3) is 0.588. The molecule has 1 aromatic rings. The van der Waals surface area contributed by atoms with E-state index in [1.807, 2.05) is 0 Å². The van der Waals surface area contributed by atoms with E-state index in [9.17, 15) is 0 Å². The zero-order valence-corrected chi connectivity index (χ0v) is 13.4. The molecular formula is C17H25N3S. The lowest BCUT2D eigenvalue weighted by Gasteiger charge is -2.30. The van der Waals surface area contributed by atoms with Gasteiger partial charge in [0.15, 0.2) is 5.11 Å². The van der Waals surface area contributed by atoms with Gasteiger partial charge in [0, 0.05) is 24.5 Å². The Morgan fingerprint density at radius 3 is 2.67 bits per heavy atom. The van der Waals surface area contributed by atoms with Gasteiger partial charge in [0.1, 0.15) is 0 Å². The van der Waals surface area contributed by atoms with Crippen molar-refractivity contribution in [2.45, 2.75) is 43.6 Å². The summed E-state index contributed by atoms with van der Waals surface area (Å²) in [4.78, 5) is 2.44. The summed E-state index contributed by atoms with van der Waals surface area (Å²) < 4.78 is 0. The number of nitrogens with zero attached hydrogens (tertiary/aromatic N) is 1. The topological polar surface area (TPSA) is 41.3 Å². The number of hydrogen-bond donors (Lipinski definition) is 2. The first kappa shape index (κ1) is 14.8. The van der Waals surface area contributed by atoms with E-state index in [1.165, 1.54) is 31.2 Å². The second-order valence-corrected chi connectivity index (χ2v) is 6.79. The molecule has 0 unspecified atom stereocenters. The third-order valence-electron chi connectivity index (χ3n) is 4.89. The predicted octanol–water partition coefficient (Wildman–Crippen LogP) is 2.41. The van der Waals surface area contributed by atoms with Crippen molar-refractivity contribution in [1.29, 1.82) is 0 Å². The highest BCUT2D eigenvalue weighted by molar-refractivity contribution is 7.80. The molecule has 0 bridgehead atoms. The number of thiocarbonyl (C=S) groups is 1. The summed E-state index contributed by atoms with van der Waals surface area (Å²) in [6.45, 7) is 2.85. The summed E-state index contributed by atoms with van der Waals surface area (Å²) in [5.41, 5.74) is 7.42. The quantitative estimate of drug-likeness (QED) is 0.599. The van der Waals surface area contributed by atoms with Crippen molar-refractivity contribution in [3.63, 3.8) is 0 Å². The van der Waals surface area contributed by atoms with Gasteiger partial charge >= 0.3 is 0 Å². The highest BCUT2D eigenvalue weighted by atomic mass is 32.1.